The molecule has 6 heterocycles. The van der Waals surface area contributed by atoms with Crippen molar-refractivity contribution in [2.24, 2.45) is 0 Å². The maximum Gasteiger partial charge on any atom is 0.451 e. The highest BCUT2D eigenvalue weighted by Gasteiger charge is 2.37. The number of alkyl halides is 3. The van der Waals surface area contributed by atoms with Crippen LogP contribution in [0.3, 0.4) is 0 Å². The third-order valence-electron chi connectivity index (χ3n) is 8.52. The van der Waals surface area contributed by atoms with Gasteiger partial charge in [-0.25, -0.2) is 19.3 Å². The Bertz CT molecular complexity index is 2000. The summed E-state index contributed by atoms with van der Waals surface area (Å²) >= 11 is 0. The summed E-state index contributed by atoms with van der Waals surface area (Å²) in [5.74, 6) is -0.556. The molecule has 5 aromatic rings. The minimum atomic E-state index is -4.65. The molecule has 2 fully saturated rings. The van der Waals surface area contributed by atoms with Crippen LogP contribution in [0.4, 0.5) is 17.6 Å². The Morgan fingerprint density at radius 3 is 2.62 bits per heavy atom. The number of nitrogens with one attached hydrogen (secondary N) is 1. The molecular formula is C32H28F4N9O2Si. The quantitative estimate of drug-likeness (QED) is 0.177. The third kappa shape index (κ3) is 6.79. The average Bonchev–Trinajstić information content (AvgIpc) is 3.68. The number of H-pyrrole nitrogens is 1. The van der Waals surface area contributed by atoms with Gasteiger partial charge in [0, 0.05) is 44.4 Å². The third-order valence-corrected chi connectivity index (χ3v) is 9.07. The summed E-state index contributed by atoms with van der Waals surface area (Å²) in [5.41, 5.74) is 2.84. The zero-order chi connectivity index (χ0) is 33.5. The van der Waals surface area contributed by atoms with Crippen LogP contribution >= 0.6 is 0 Å². The number of hydrogen-bond donors (Lipinski definition) is 1. The molecule has 2 aliphatic heterocycles. The molecule has 11 nitrogen and oxygen atoms in total. The van der Waals surface area contributed by atoms with Gasteiger partial charge in [0.2, 0.25) is 11.7 Å². The standard InChI is InChI=1S/C32H28F4N9O2Si/c33-23-12-19(15-37)4-5-20(23)13-21-2-1-3-28(39-21)47-22-6-9-44(10-7-22)17-27-40-24-14-25(29-41-30(43-42-29)32(34,35)36)38-16-26(24)45(27)18-31(48)8-11-46-31/h1-5,12,14,16,22H,6-11,13,17-18H2,(H,41,42,43)/t31-/m1/s1. The highest BCUT2D eigenvalue weighted by molar-refractivity contribution is 6.15. The van der Waals surface area contributed by atoms with Gasteiger partial charge in [-0.2, -0.15) is 23.5 Å². The summed E-state index contributed by atoms with van der Waals surface area (Å²) in [7, 11) is 3.75. The minimum absolute atomic E-state index is 0.0574. The van der Waals surface area contributed by atoms with E-state index in [1.165, 1.54) is 6.07 Å². The normalized spacial score (nSPS) is 18.9. The van der Waals surface area contributed by atoms with Crippen molar-refractivity contribution in [3.05, 3.63) is 82.9 Å². The summed E-state index contributed by atoms with van der Waals surface area (Å²) in [4.78, 5) is 19.7. The van der Waals surface area contributed by atoms with Crippen LogP contribution in [0.2, 0.25) is 0 Å². The molecule has 0 unspecified atom stereocenters. The molecule has 0 saturated carbocycles. The summed E-state index contributed by atoms with van der Waals surface area (Å²) in [5, 5.41) is 14.1. The van der Waals surface area contributed by atoms with Crippen LogP contribution in [-0.2, 0) is 30.4 Å². The maximum atomic E-state index is 14.4. The molecule has 245 valence electrons. The number of piperidine rings is 1. The first kappa shape index (κ1) is 31.9. The van der Waals surface area contributed by atoms with E-state index in [9.17, 15) is 17.6 Å². The summed E-state index contributed by atoms with van der Waals surface area (Å²) < 4.78 is 67.7. The molecule has 0 bridgehead atoms. The van der Waals surface area contributed by atoms with E-state index in [2.05, 4.69) is 35.2 Å². The van der Waals surface area contributed by atoms with Gasteiger partial charge in [0.05, 0.1) is 50.9 Å². The second kappa shape index (κ2) is 12.7. The van der Waals surface area contributed by atoms with Gasteiger partial charge in [0.25, 0.3) is 0 Å². The van der Waals surface area contributed by atoms with Crippen molar-refractivity contribution in [2.75, 3.05) is 19.7 Å². The molecule has 0 aliphatic carbocycles. The summed E-state index contributed by atoms with van der Waals surface area (Å²) in [6.45, 7) is 3.12. The van der Waals surface area contributed by atoms with Crippen LogP contribution in [0.25, 0.3) is 22.6 Å². The van der Waals surface area contributed by atoms with Crippen LogP contribution in [0, 0.1) is 17.1 Å². The minimum Gasteiger partial charge on any atom is -0.474 e. The van der Waals surface area contributed by atoms with Gasteiger partial charge in [-0.1, -0.05) is 12.1 Å². The Kier molecular flexibility index (Phi) is 8.44. The number of ether oxygens (including phenoxy) is 2. The predicted molar refractivity (Wildman–Crippen MR) is 164 cm³/mol. The van der Waals surface area contributed by atoms with Crippen LogP contribution in [0.1, 0.15) is 47.7 Å². The van der Waals surface area contributed by atoms with E-state index in [1.54, 1.807) is 30.5 Å². The Labute approximate surface area is 275 Å². The lowest BCUT2D eigenvalue weighted by Crippen LogP contribution is -2.48. The first-order valence-corrected chi connectivity index (χ1v) is 15.8. The van der Waals surface area contributed by atoms with E-state index >= 15 is 0 Å². The molecule has 1 N–H and O–H groups in total. The molecule has 4 aromatic heterocycles. The molecule has 1 atom stereocenters. The fraction of sp³-hybridized carbons (Fsp3) is 0.375. The number of hydrogen-bond acceptors (Lipinski definition) is 9. The fourth-order valence-corrected chi connectivity index (χ4v) is 6.22. The Morgan fingerprint density at radius 2 is 1.94 bits per heavy atom. The number of benzene rings is 1. The average molecular weight is 675 g/mol. The van der Waals surface area contributed by atoms with E-state index in [0.29, 0.717) is 42.4 Å². The van der Waals surface area contributed by atoms with Gasteiger partial charge in [-0.05, 0) is 49.1 Å². The molecule has 2 aliphatic rings. The first-order chi connectivity index (χ1) is 23.0. The van der Waals surface area contributed by atoms with E-state index in [-0.39, 0.29) is 29.6 Å². The molecule has 2 saturated heterocycles. The number of nitriles is 1. The topological polar surface area (TPSA) is 131 Å². The van der Waals surface area contributed by atoms with Crippen LogP contribution in [0.15, 0.2) is 48.7 Å². The van der Waals surface area contributed by atoms with E-state index in [1.807, 2.05) is 27.9 Å². The number of nitrogens with zero attached hydrogens (tertiary/aromatic N) is 8. The van der Waals surface area contributed by atoms with Gasteiger partial charge >= 0.3 is 6.18 Å². The highest BCUT2D eigenvalue weighted by atomic mass is 28.1. The lowest BCUT2D eigenvalue weighted by Gasteiger charge is -2.39. The van der Waals surface area contributed by atoms with Crippen molar-refractivity contribution < 1.29 is 27.0 Å². The van der Waals surface area contributed by atoms with Crippen molar-refractivity contribution in [3.8, 4) is 23.5 Å². The fourth-order valence-electron chi connectivity index (χ4n) is 5.86. The Morgan fingerprint density at radius 1 is 1.12 bits per heavy atom. The molecular weight excluding hydrogens is 646 g/mol. The number of likely N-dealkylation sites (tertiary alicyclic amines) is 1. The van der Waals surface area contributed by atoms with Gasteiger partial charge in [0.15, 0.2) is 5.82 Å². The number of aromatic nitrogens is 7. The molecule has 16 heteroatoms. The zero-order valence-electron chi connectivity index (χ0n) is 25.5. The predicted octanol–water partition coefficient (Wildman–Crippen LogP) is 4.56. The zero-order valence-corrected chi connectivity index (χ0v) is 26.5. The van der Waals surface area contributed by atoms with Gasteiger partial charge in [0.1, 0.15) is 23.4 Å². The number of pyridine rings is 2. The monoisotopic (exact) mass is 674 g/mol. The van der Waals surface area contributed by atoms with E-state index in [4.69, 9.17) is 19.7 Å². The van der Waals surface area contributed by atoms with Gasteiger partial charge in [-0.15, -0.1) is 0 Å². The van der Waals surface area contributed by atoms with E-state index in [0.717, 1.165) is 43.7 Å². The second-order valence-corrected chi connectivity index (χ2v) is 12.8. The van der Waals surface area contributed by atoms with Crippen molar-refractivity contribution >= 4 is 21.3 Å². The smallest absolute Gasteiger partial charge is 0.451 e. The van der Waals surface area contributed by atoms with Gasteiger partial charge in [-0.3, -0.25) is 15.0 Å². The Hall–Kier alpha value is -4.72. The number of imidazole rings is 1. The number of fused-ring (bicyclic) bond motifs is 1. The number of rotatable bonds is 9. The SMILES string of the molecule is N#Cc1ccc(Cc2cccc(OC3CCN(Cc4nc5cc(-c6n[nH]c(C(F)(F)F)n6)ncc5n4C[C@]4([Si])CCO4)CC3)n2)c(F)c1. The molecule has 48 heavy (non-hydrogen) atoms. The van der Waals surface area contributed by atoms with Crippen LogP contribution < -0.4 is 4.74 Å². The molecule has 0 spiro atoms. The summed E-state index contributed by atoms with van der Waals surface area (Å²) in [6.07, 6.45) is -0.540. The van der Waals surface area contributed by atoms with Gasteiger partial charge < -0.3 is 14.0 Å². The Balaban J connectivity index is 1.03. The van der Waals surface area contributed by atoms with Crippen molar-refractivity contribution in [2.45, 2.75) is 56.3 Å². The molecule has 0 amide bonds. The van der Waals surface area contributed by atoms with Crippen LogP contribution in [0.5, 0.6) is 5.88 Å². The second-order valence-electron chi connectivity index (χ2n) is 11.9. The van der Waals surface area contributed by atoms with Crippen molar-refractivity contribution in [1.82, 2.24) is 39.6 Å². The van der Waals surface area contributed by atoms with Crippen molar-refractivity contribution in [3.63, 3.8) is 0 Å². The summed E-state index contributed by atoms with van der Waals surface area (Å²) in [6, 6.07) is 13.4. The van der Waals surface area contributed by atoms with Crippen LogP contribution in [-0.4, -0.2) is 80.9 Å². The largest absolute Gasteiger partial charge is 0.474 e. The number of halogens is 4. The highest BCUT2D eigenvalue weighted by Crippen LogP contribution is 2.31. The number of aromatic amines is 1. The molecule has 3 radical (unpaired) electrons. The first-order valence-electron chi connectivity index (χ1n) is 15.3. The van der Waals surface area contributed by atoms with Crippen molar-refractivity contribution in [1.29, 1.82) is 5.26 Å². The van der Waals surface area contributed by atoms with E-state index < -0.39 is 23.0 Å². The lowest BCUT2D eigenvalue weighted by molar-refractivity contribution is -0.144. The molecule has 7 rings (SSSR count). The lowest BCUT2D eigenvalue weighted by atomic mass is 10.1. The molecule has 1 aromatic carbocycles. The maximum absolute atomic E-state index is 14.4.